The summed E-state index contributed by atoms with van der Waals surface area (Å²) in [5, 5.41) is 3.07. The van der Waals surface area contributed by atoms with Crippen LogP contribution in [0.5, 0.6) is 0 Å². The highest BCUT2D eigenvalue weighted by atomic mass is 32.1. The summed E-state index contributed by atoms with van der Waals surface area (Å²) in [5.41, 5.74) is 1.98. The van der Waals surface area contributed by atoms with Crippen molar-refractivity contribution in [2.75, 3.05) is 18.5 Å². The second-order valence-electron chi connectivity index (χ2n) is 7.09. The fraction of sp³-hybridized carbons (Fsp3) is 0.304. The van der Waals surface area contributed by atoms with E-state index >= 15 is 0 Å². The van der Waals surface area contributed by atoms with Gasteiger partial charge in [-0.1, -0.05) is 6.07 Å². The predicted octanol–water partition coefficient (Wildman–Crippen LogP) is 4.39. The van der Waals surface area contributed by atoms with Gasteiger partial charge in [-0.2, -0.15) is 0 Å². The predicted molar refractivity (Wildman–Crippen MR) is 121 cm³/mol. The van der Waals surface area contributed by atoms with Crippen LogP contribution < -0.4 is 10.7 Å². The van der Waals surface area contributed by atoms with Crippen LogP contribution in [0.15, 0.2) is 27.4 Å². The molecule has 1 aromatic carbocycles. The third-order valence-corrected chi connectivity index (χ3v) is 5.88. The molecular weight excluding hydrogens is 434 g/mol. The highest BCUT2D eigenvalue weighted by molar-refractivity contribution is 7.18. The minimum absolute atomic E-state index is 0.0585. The lowest BCUT2D eigenvalue weighted by atomic mass is 10.1. The third-order valence-electron chi connectivity index (χ3n) is 4.70. The third kappa shape index (κ3) is 4.43. The minimum Gasteiger partial charge on any atom is -0.462 e. The van der Waals surface area contributed by atoms with E-state index in [9.17, 15) is 19.2 Å². The molecular formula is C23H23NO7S. The summed E-state index contributed by atoms with van der Waals surface area (Å²) >= 11 is 0.897. The van der Waals surface area contributed by atoms with Gasteiger partial charge >= 0.3 is 11.9 Å². The van der Waals surface area contributed by atoms with Gasteiger partial charge in [0.25, 0.3) is 5.91 Å². The van der Waals surface area contributed by atoms with E-state index in [1.807, 2.05) is 13.0 Å². The molecule has 3 aromatic rings. The number of amides is 1. The second kappa shape index (κ2) is 9.35. The van der Waals surface area contributed by atoms with Gasteiger partial charge in [0, 0.05) is 6.07 Å². The molecule has 0 atom stereocenters. The monoisotopic (exact) mass is 457 g/mol. The van der Waals surface area contributed by atoms with E-state index in [-0.39, 0.29) is 39.8 Å². The lowest BCUT2D eigenvalue weighted by Crippen LogP contribution is -2.17. The molecule has 8 nitrogen and oxygen atoms in total. The molecule has 0 spiro atoms. The summed E-state index contributed by atoms with van der Waals surface area (Å²) in [4.78, 5) is 50.5. The molecule has 9 heteroatoms. The van der Waals surface area contributed by atoms with Crippen LogP contribution in [0.2, 0.25) is 0 Å². The number of esters is 2. The van der Waals surface area contributed by atoms with Gasteiger partial charge < -0.3 is 19.2 Å². The van der Waals surface area contributed by atoms with E-state index in [1.54, 1.807) is 33.8 Å². The molecule has 1 N–H and O–H groups in total. The summed E-state index contributed by atoms with van der Waals surface area (Å²) in [6.07, 6.45) is 0. The van der Waals surface area contributed by atoms with Gasteiger partial charge in [0.1, 0.15) is 15.5 Å². The fourth-order valence-corrected chi connectivity index (χ4v) is 4.41. The molecule has 0 bridgehead atoms. The van der Waals surface area contributed by atoms with Crippen molar-refractivity contribution >= 4 is 45.2 Å². The van der Waals surface area contributed by atoms with Gasteiger partial charge in [-0.15, -0.1) is 11.3 Å². The Balaban J connectivity index is 2.05. The van der Waals surface area contributed by atoms with Crippen molar-refractivity contribution in [2.24, 2.45) is 0 Å². The first-order valence-electron chi connectivity index (χ1n) is 10.0. The number of carbonyl (C=O) groups excluding carboxylic acids is 3. The number of ether oxygens (including phenoxy) is 2. The molecule has 2 heterocycles. The average molecular weight is 458 g/mol. The Hall–Kier alpha value is -3.46. The molecule has 0 saturated carbocycles. The maximum atomic E-state index is 12.9. The van der Waals surface area contributed by atoms with Gasteiger partial charge in [0.15, 0.2) is 11.2 Å². The number of nitrogens with one attached hydrogen (secondary N) is 1. The lowest BCUT2D eigenvalue weighted by Gasteiger charge is -2.08. The van der Waals surface area contributed by atoms with Gasteiger partial charge in [0.2, 0.25) is 0 Å². The maximum absolute atomic E-state index is 12.9. The molecule has 0 aliphatic heterocycles. The van der Waals surface area contributed by atoms with Crippen LogP contribution in [-0.4, -0.2) is 31.1 Å². The number of hydrogen-bond acceptors (Lipinski definition) is 8. The maximum Gasteiger partial charge on any atom is 0.348 e. The Bertz CT molecular complexity index is 1290. The molecule has 0 aliphatic carbocycles. The molecule has 0 saturated heterocycles. The number of hydrogen-bond donors (Lipinski definition) is 1. The molecule has 0 fully saturated rings. The number of fused-ring (bicyclic) bond motifs is 1. The Morgan fingerprint density at radius 3 is 2.31 bits per heavy atom. The highest BCUT2D eigenvalue weighted by Crippen LogP contribution is 2.34. The van der Waals surface area contributed by atoms with Crippen molar-refractivity contribution in [2.45, 2.75) is 34.6 Å². The molecule has 1 amide bonds. The summed E-state index contributed by atoms with van der Waals surface area (Å²) < 4.78 is 15.8. The number of aryl methyl sites for hydroxylation is 2. The summed E-state index contributed by atoms with van der Waals surface area (Å²) in [6, 6.07) is 4.65. The summed E-state index contributed by atoms with van der Waals surface area (Å²) in [6.45, 7) is 8.82. The number of rotatable bonds is 6. The molecule has 0 aliphatic rings. The number of carbonyl (C=O) groups is 3. The van der Waals surface area contributed by atoms with Crippen LogP contribution in [-0.2, 0) is 9.47 Å². The minimum atomic E-state index is -0.730. The van der Waals surface area contributed by atoms with E-state index in [4.69, 9.17) is 13.9 Å². The van der Waals surface area contributed by atoms with Crippen LogP contribution in [0, 0.1) is 20.8 Å². The molecule has 168 valence electrons. The van der Waals surface area contributed by atoms with Crippen LogP contribution in [0.3, 0.4) is 0 Å². The van der Waals surface area contributed by atoms with Gasteiger partial charge in [-0.25, -0.2) is 9.59 Å². The zero-order valence-corrected chi connectivity index (χ0v) is 19.2. The summed E-state index contributed by atoms with van der Waals surface area (Å²) in [7, 11) is 0. The van der Waals surface area contributed by atoms with Crippen LogP contribution in [0.25, 0.3) is 11.0 Å². The van der Waals surface area contributed by atoms with Crippen molar-refractivity contribution in [1.29, 1.82) is 0 Å². The lowest BCUT2D eigenvalue weighted by molar-refractivity contribution is 0.0527. The molecule has 0 unspecified atom stereocenters. The standard InChI is InChI=1S/C23H23NO7S/c1-6-29-22(27)17-13(5)19(23(28)30-7-2)32-21(17)24-20(26)16-10-15(25)14-9-11(3)8-12(4)18(14)31-16/h8-10H,6-7H2,1-5H3,(H,24,26). The van der Waals surface area contributed by atoms with Gasteiger partial charge in [-0.05, 0) is 57.4 Å². The molecule has 32 heavy (non-hydrogen) atoms. The van der Waals surface area contributed by atoms with Crippen molar-refractivity contribution in [3.8, 4) is 0 Å². The van der Waals surface area contributed by atoms with Crippen LogP contribution in [0.1, 0.15) is 61.1 Å². The van der Waals surface area contributed by atoms with Crippen molar-refractivity contribution < 1.29 is 28.3 Å². The van der Waals surface area contributed by atoms with E-state index in [1.165, 1.54) is 0 Å². The van der Waals surface area contributed by atoms with E-state index in [2.05, 4.69) is 5.32 Å². The van der Waals surface area contributed by atoms with Crippen LogP contribution in [0.4, 0.5) is 5.00 Å². The quantitative estimate of drug-likeness (QED) is 0.547. The van der Waals surface area contributed by atoms with Crippen LogP contribution >= 0.6 is 11.3 Å². The van der Waals surface area contributed by atoms with E-state index in [0.717, 1.165) is 28.5 Å². The largest absolute Gasteiger partial charge is 0.462 e. The van der Waals surface area contributed by atoms with Crippen molar-refractivity contribution in [3.63, 3.8) is 0 Å². The number of thiophene rings is 1. The summed E-state index contributed by atoms with van der Waals surface area (Å²) in [5.74, 6) is -2.23. The zero-order valence-electron chi connectivity index (χ0n) is 18.4. The van der Waals surface area contributed by atoms with E-state index in [0.29, 0.717) is 16.5 Å². The molecule has 0 radical (unpaired) electrons. The van der Waals surface area contributed by atoms with E-state index < -0.39 is 17.8 Å². The first-order chi connectivity index (χ1) is 15.2. The smallest absolute Gasteiger partial charge is 0.348 e. The Kier molecular flexibility index (Phi) is 6.78. The molecule has 2 aromatic heterocycles. The molecule has 3 rings (SSSR count). The van der Waals surface area contributed by atoms with Crippen molar-refractivity contribution in [1.82, 2.24) is 0 Å². The first kappa shape index (κ1) is 23.2. The topological polar surface area (TPSA) is 112 Å². The number of anilines is 1. The normalized spacial score (nSPS) is 10.8. The average Bonchev–Trinajstić information content (AvgIpc) is 3.04. The fourth-order valence-electron chi connectivity index (χ4n) is 3.33. The number of benzene rings is 1. The zero-order chi connectivity index (χ0) is 23.6. The first-order valence-corrected chi connectivity index (χ1v) is 10.8. The Morgan fingerprint density at radius 1 is 1.00 bits per heavy atom. The SMILES string of the molecule is CCOC(=O)c1sc(NC(=O)c2cc(=O)c3cc(C)cc(C)c3o2)c(C(=O)OCC)c1C. The Morgan fingerprint density at radius 2 is 1.66 bits per heavy atom. The van der Waals surface area contributed by atoms with Gasteiger partial charge in [0.05, 0.1) is 24.2 Å². The van der Waals surface area contributed by atoms with Crippen molar-refractivity contribution in [3.05, 3.63) is 61.3 Å². The Labute approximate surface area is 188 Å². The van der Waals surface area contributed by atoms with Gasteiger partial charge in [-0.3, -0.25) is 9.59 Å². The highest BCUT2D eigenvalue weighted by Gasteiger charge is 2.28. The second-order valence-corrected chi connectivity index (χ2v) is 8.11.